The second-order valence-corrected chi connectivity index (χ2v) is 5.14. The molecule has 0 bridgehead atoms. The van der Waals surface area contributed by atoms with E-state index in [0.29, 0.717) is 37.2 Å². The number of unbranched alkanes of at least 4 members (excludes halogenated alkanes) is 1. The normalized spacial score (nSPS) is 10.5. The molecule has 6 N–H and O–H groups in total. The average Bonchev–Trinajstić information content (AvgIpc) is 2.45. The fraction of sp³-hybridized carbons (Fsp3) is 0.500. The van der Waals surface area contributed by atoms with Gasteiger partial charge in [0.1, 0.15) is 5.82 Å². The van der Waals surface area contributed by atoms with Crippen molar-refractivity contribution in [3.8, 4) is 0 Å². The summed E-state index contributed by atoms with van der Waals surface area (Å²) >= 11 is 0. The number of carbonyl (C=O) groups is 2. The van der Waals surface area contributed by atoms with Crippen LogP contribution in [-0.2, 0) is 4.79 Å². The molecule has 21 heavy (non-hydrogen) atoms. The Bertz CT molecular complexity index is 502. The number of hydrogen-bond donors (Lipinski definition) is 4. The van der Waals surface area contributed by atoms with Crippen LogP contribution in [-0.4, -0.2) is 23.3 Å². The molecule has 0 saturated heterocycles. The topological polar surface area (TPSA) is 123 Å². The predicted molar refractivity (Wildman–Crippen MR) is 81.5 cm³/mol. The molecule has 0 unspecified atom stereocenters. The first-order valence-corrected chi connectivity index (χ1v) is 6.99. The monoisotopic (exact) mass is 293 g/mol. The van der Waals surface area contributed by atoms with Gasteiger partial charge in [-0.05, 0) is 30.9 Å². The Morgan fingerprint density at radius 2 is 2.00 bits per heavy atom. The highest BCUT2D eigenvalue weighted by Crippen LogP contribution is 2.17. The van der Waals surface area contributed by atoms with Gasteiger partial charge in [0, 0.05) is 24.2 Å². The van der Waals surface area contributed by atoms with Gasteiger partial charge >= 0.3 is 0 Å². The highest BCUT2D eigenvalue weighted by Gasteiger charge is 2.11. The standard InChI is InChI=1S/C14H23N5O2/c1-9(2)11-7-10(8-13(18-11)19-16)14(21)17-6-4-3-5-12(15)20/h7-9H,3-6,16H2,1-2H3,(H2,15,20)(H,17,21)(H,18,19). The van der Waals surface area contributed by atoms with E-state index in [0.717, 1.165) is 5.69 Å². The Hall–Kier alpha value is -2.15. The maximum atomic E-state index is 12.1. The maximum Gasteiger partial charge on any atom is 0.251 e. The van der Waals surface area contributed by atoms with E-state index in [1.54, 1.807) is 12.1 Å². The summed E-state index contributed by atoms with van der Waals surface area (Å²) in [5.74, 6) is 5.51. The lowest BCUT2D eigenvalue weighted by molar-refractivity contribution is -0.118. The van der Waals surface area contributed by atoms with E-state index in [2.05, 4.69) is 15.7 Å². The number of carbonyl (C=O) groups excluding carboxylic acids is 2. The molecule has 116 valence electrons. The van der Waals surface area contributed by atoms with E-state index >= 15 is 0 Å². The number of nitrogens with zero attached hydrogens (tertiary/aromatic N) is 1. The molecule has 1 rings (SSSR count). The van der Waals surface area contributed by atoms with E-state index in [1.165, 1.54) is 0 Å². The van der Waals surface area contributed by atoms with E-state index < -0.39 is 0 Å². The van der Waals surface area contributed by atoms with Crippen LogP contribution < -0.4 is 22.3 Å². The zero-order chi connectivity index (χ0) is 15.8. The van der Waals surface area contributed by atoms with Crippen molar-refractivity contribution < 1.29 is 9.59 Å². The molecule has 0 aromatic carbocycles. The SMILES string of the molecule is CC(C)c1cc(C(=O)NCCCCC(N)=O)cc(NN)n1. The number of rotatable bonds is 8. The van der Waals surface area contributed by atoms with Crippen LogP contribution in [0, 0.1) is 0 Å². The molecule has 2 amide bonds. The predicted octanol–water partition coefficient (Wildman–Crippen LogP) is 0.876. The summed E-state index contributed by atoms with van der Waals surface area (Å²) in [4.78, 5) is 27.0. The van der Waals surface area contributed by atoms with Gasteiger partial charge < -0.3 is 16.5 Å². The van der Waals surface area contributed by atoms with Crippen LogP contribution >= 0.6 is 0 Å². The summed E-state index contributed by atoms with van der Waals surface area (Å²) in [6, 6.07) is 3.36. The number of amides is 2. The average molecular weight is 293 g/mol. The summed E-state index contributed by atoms with van der Waals surface area (Å²) in [5.41, 5.74) is 8.82. The van der Waals surface area contributed by atoms with Crippen LogP contribution in [0.15, 0.2) is 12.1 Å². The molecular weight excluding hydrogens is 270 g/mol. The molecule has 0 atom stereocenters. The molecule has 0 aliphatic heterocycles. The highest BCUT2D eigenvalue weighted by molar-refractivity contribution is 5.95. The lowest BCUT2D eigenvalue weighted by Crippen LogP contribution is -2.25. The molecule has 0 fully saturated rings. The van der Waals surface area contributed by atoms with E-state index in [1.807, 2.05) is 13.8 Å². The van der Waals surface area contributed by atoms with Gasteiger partial charge in [-0.3, -0.25) is 9.59 Å². The Morgan fingerprint density at radius 1 is 1.29 bits per heavy atom. The minimum Gasteiger partial charge on any atom is -0.370 e. The summed E-state index contributed by atoms with van der Waals surface area (Å²) in [7, 11) is 0. The smallest absolute Gasteiger partial charge is 0.251 e. The van der Waals surface area contributed by atoms with Gasteiger partial charge in [-0.15, -0.1) is 0 Å². The summed E-state index contributed by atoms with van der Waals surface area (Å²) in [6.45, 7) is 4.49. The van der Waals surface area contributed by atoms with Crippen LogP contribution in [0.25, 0.3) is 0 Å². The van der Waals surface area contributed by atoms with Crippen molar-refractivity contribution in [1.82, 2.24) is 10.3 Å². The van der Waals surface area contributed by atoms with Crippen molar-refractivity contribution in [3.05, 3.63) is 23.4 Å². The number of primary amides is 1. The summed E-state index contributed by atoms with van der Waals surface area (Å²) in [5, 5.41) is 2.80. The minimum atomic E-state index is -0.323. The van der Waals surface area contributed by atoms with Crippen molar-refractivity contribution in [2.75, 3.05) is 12.0 Å². The van der Waals surface area contributed by atoms with Crippen LogP contribution in [0.3, 0.4) is 0 Å². The second kappa shape index (κ2) is 8.21. The number of nitrogen functional groups attached to an aromatic ring is 1. The Kier molecular flexibility index (Phi) is 6.61. The Balaban J connectivity index is 2.60. The zero-order valence-corrected chi connectivity index (χ0v) is 12.5. The number of hydrogen-bond acceptors (Lipinski definition) is 5. The lowest BCUT2D eigenvalue weighted by Gasteiger charge is -2.11. The number of nitrogens with one attached hydrogen (secondary N) is 2. The lowest BCUT2D eigenvalue weighted by atomic mass is 10.1. The number of anilines is 1. The number of hydrazine groups is 1. The first-order valence-electron chi connectivity index (χ1n) is 6.99. The highest BCUT2D eigenvalue weighted by atomic mass is 16.2. The van der Waals surface area contributed by atoms with Gasteiger partial charge in [-0.25, -0.2) is 10.8 Å². The quantitative estimate of drug-likeness (QED) is 0.322. The van der Waals surface area contributed by atoms with E-state index in [4.69, 9.17) is 11.6 Å². The van der Waals surface area contributed by atoms with Crippen molar-refractivity contribution in [2.45, 2.75) is 39.0 Å². The molecule has 0 spiro atoms. The van der Waals surface area contributed by atoms with E-state index in [9.17, 15) is 9.59 Å². The molecule has 1 aromatic rings. The maximum absolute atomic E-state index is 12.1. The van der Waals surface area contributed by atoms with Crippen molar-refractivity contribution in [2.24, 2.45) is 11.6 Å². The van der Waals surface area contributed by atoms with Gasteiger partial charge in [-0.2, -0.15) is 0 Å². The molecule has 1 heterocycles. The van der Waals surface area contributed by atoms with Crippen LogP contribution in [0.4, 0.5) is 5.82 Å². The van der Waals surface area contributed by atoms with Gasteiger partial charge in [0.25, 0.3) is 5.91 Å². The van der Waals surface area contributed by atoms with Gasteiger partial charge in [0.15, 0.2) is 0 Å². The molecule has 7 nitrogen and oxygen atoms in total. The third kappa shape index (κ3) is 5.78. The second-order valence-electron chi connectivity index (χ2n) is 5.14. The number of nitrogens with two attached hydrogens (primary N) is 2. The van der Waals surface area contributed by atoms with Crippen molar-refractivity contribution >= 4 is 17.6 Å². The Labute approximate surface area is 124 Å². The third-order valence-electron chi connectivity index (χ3n) is 2.98. The molecule has 0 radical (unpaired) electrons. The minimum absolute atomic E-state index is 0.185. The fourth-order valence-electron chi connectivity index (χ4n) is 1.78. The van der Waals surface area contributed by atoms with Gasteiger partial charge in [0.2, 0.25) is 5.91 Å². The first kappa shape index (κ1) is 16.9. The molecule has 0 aliphatic carbocycles. The van der Waals surface area contributed by atoms with Gasteiger partial charge in [0.05, 0.1) is 0 Å². The number of aromatic nitrogens is 1. The molecule has 0 aliphatic rings. The van der Waals surface area contributed by atoms with Crippen LogP contribution in [0.2, 0.25) is 0 Å². The molecule has 1 aromatic heterocycles. The van der Waals surface area contributed by atoms with Crippen molar-refractivity contribution in [1.29, 1.82) is 0 Å². The summed E-state index contributed by atoms with van der Waals surface area (Å²) in [6.07, 6.45) is 1.71. The van der Waals surface area contributed by atoms with Gasteiger partial charge in [-0.1, -0.05) is 13.8 Å². The molecule has 7 heteroatoms. The van der Waals surface area contributed by atoms with Crippen LogP contribution in [0.5, 0.6) is 0 Å². The first-order chi connectivity index (χ1) is 9.93. The zero-order valence-electron chi connectivity index (χ0n) is 12.5. The molecular formula is C14H23N5O2. The number of pyridine rings is 1. The van der Waals surface area contributed by atoms with E-state index in [-0.39, 0.29) is 17.7 Å². The van der Waals surface area contributed by atoms with Crippen LogP contribution in [0.1, 0.15) is 55.1 Å². The summed E-state index contributed by atoms with van der Waals surface area (Å²) < 4.78 is 0. The van der Waals surface area contributed by atoms with Crippen molar-refractivity contribution in [3.63, 3.8) is 0 Å². The Morgan fingerprint density at radius 3 is 2.57 bits per heavy atom. The third-order valence-corrected chi connectivity index (χ3v) is 2.98. The largest absolute Gasteiger partial charge is 0.370 e. The molecule has 0 saturated carbocycles. The fourth-order valence-corrected chi connectivity index (χ4v) is 1.78.